The first kappa shape index (κ1) is 23.8. The number of nitrogens with two attached hydrogens (primary N) is 2. The predicted octanol–water partition coefficient (Wildman–Crippen LogP) is 3.18. The lowest BCUT2D eigenvalue weighted by atomic mass is 10.0. The van der Waals surface area contributed by atoms with Crippen molar-refractivity contribution in [2.24, 2.45) is 11.5 Å². The normalized spacial score (nSPS) is 11.4. The van der Waals surface area contributed by atoms with Crippen molar-refractivity contribution in [2.75, 3.05) is 13.1 Å². The molecule has 0 radical (unpaired) electrons. The van der Waals surface area contributed by atoms with Gasteiger partial charge in [0.25, 0.3) is 5.91 Å². The fourth-order valence-electron chi connectivity index (χ4n) is 2.88. The molecule has 8 heteroatoms. The maximum atomic E-state index is 12.3. The molecule has 3 rings (SSSR count). The number of carbonyl (C=O) groups is 1. The minimum atomic E-state index is -0.171. The molecule has 0 spiro atoms. The highest BCUT2D eigenvalue weighted by Crippen LogP contribution is 2.26. The van der Waals surface area contributed by atoms with Crippen LogP contribution in [0, 0.1) is 0 Å². The molecule has 28 heavy (non-hydrogen) atoms. The molecule has 2 aromatic carbocycles. The third-order valence-electron chi connectivity index (χ3n) is 4.37. The van der Waals surface area contributed by atoms with Gasteiger partial charge in [0.15, 0.2) is 0 Å². The molecule has 3 aromatic rings. The summed E-state index contributed by atoms with van der Waals surface area (Å²) in [6.07, 6.45) is 1.64. The van der Waals surface area contributed by atoms with Crippen molar-refractivity contribution in [3.8, 4) is 16.9 Å². The molecule has 1 amide bonds. The number of hydrogen-bond acceptors (Lipinski definition) is 4. The number of rotatable bonds is 7. The molecule has 0 saturated heterocycles. The van der Waals surface area contributed by atoms with E-state index in [1.165, 1.54) is 0 Å². The number of aromatic hydroxyl groups is 1. The Morgan fingerprint density at radius 2 is 1.75 bits per heavy atom. The summed E-state index contributed by atoms with van der Waals surface area (Å²) in [5, 5.41) is 13.2. The third-order valence-corrected chi connectivity index (χ3v) is 4.37. The average Bonchev–Trinajstić information content (AvgIpc) is 3.08. The van der Waals surface area contributed by atoms with E-state index in [0.717, 1.165) is 34.9 Å². The molecule has 0 aliphatic rings. The van der Waals surface area contributed by atoms with Gasteiger partial charge in [0, 0.05) is 23.5 Å². The topological polar surface area (TPSA) is 117 Å². The summed E-state index contributed by atoms with van der Waals surface area (Å²) >= 11 is 0. The van der Waals surface area contributed by atoms with Crippen LogP contribution in [-0.4, -0.2) is 35.1 Å². The van der Waals surface area contributed by atoms with Crippen molar-refractivity contribution in [1.82, 2.24) is 10.3 Å². The van der Waals surface area contributed by atoms with E-state index < -0.39 is 0 Å². The van der Waals surface area contributed by atoms with Crippen molar-refractivity contribution in [3.63, 3.8) is 0 Å². The number of halogens is 2. The smallest absolute Gasteiger partial charge is 0.267 e. The van der Waals surface area contributed by atoms with Crippen LogP contribution in [0.4, 0.5) is 0 Å². The van der Waals surface area contributed by atoms with Gasteiger partial charge in [-0.05, 0) is 54.8 Å². The molecule has 1 atom stereocenters. The van der Waals surface area contributed by atoms with Gasteiger partial charge in [-0.3, -0.25) is 4.79 Å². The third kappa shape index (κ3) is 5.87. The van der Waals surface area contributed by atoms with Crippen LogP contribution < -0.4 is 16.8 Å². The average molecular weight is 425 g/mol. The lowest BCUT2D eigenvalue weighted by molar-refractivity contribution is 0.0946. The van der Waals surface area contributed by atoms with Gasteiger partial charge in [0.05, 0.1) is 0 Å². The second kappa shape index (κ2) is 10.9. The largest absolute Gasteiger partial charge is 0.508 e. The van der Waals surface area contributed by atoms with Gasteiger partial charge in [0.1, 0.15) is 11.4 Å². The Morgan fingerprint density at radius 3 is 2.43 bits per heavy atom. The highest BCUT2D eigenvalue weighted by Gasteiger charge is 2.11. The Kier molecular flexibility index (Phi) is 9.28. The first-order chi connectivity index (χ1) is 12.6. The van der Waals surface area contributed by atoms with Crippen molar-refractivity contribution >= 4 is 41.6 Å². The number of carbonyl (C=O) groups excluding carboxylic acids is 1. The number of aromatic nitrogens is 1. The van der Waals surface area contributed by atoms with E-state index in [4.69, 9.17) is 11.5 Å². The lowest BCUT2D eigenvalue weighted by Crippen LogP contribution is -2.37. The molecular weight excluding hydrogens is 399 g/mol. The Labute approximate surface area is 176 Å². The number of amides is 1. The van der Waals surface area contributed by atoms with E-state index in [9.17, 15) is 9.90 Å². The first-order valence-electron chi connectivity index (χ1n) is 8.73. The van der Waals surface area contributed by atoms with Crippen LogP contribution in [0.2, 0.25) is 0 Å². The van der Waals surface area contributed by atoms with Crippen LogP contribution in [0.1, 0.15) is 23.3 Å². The van der Waals surface area contributed by atoms with E-state index >= 15 is 0 Å². The van der Waals surface area contributed by atoms with Crippen molar-refractivity contribution in [3.05, 3.63) is 54.2 Å². The molecule has 152 valence electrons. The maximum absolute atomic E-state index is 12.3. The number of phenolic OH excluding ortho intramolecular Hbond substituents is 1. The molecule has 6 nitrogen and oxygen atoms in total. The summed E-state index contributed by atoms with van der Waals surface area (Å²) in [6, 6.07) is 14.7. The first-order valence-corrected chi connectivity index (χ1v) is 8.73. The summed E-state index contributed by atoms with van der Waals surface area (Å²) in [5.74, 6) is 0.0638. The minimum Gasteiger partial charge on any atom is -0.508 e. The number of phenols is 1. The van der Waals surface area contributed by atoms with E-state index in [0.29, 0.717) is 18.8 Å². The zero-order valence-electron chi connectivity index (χ0n) is 15.4. The Bertz CT molecular complexity index is 897. The van der Waals surface area contributed by atoms with Crippen LogP contribution in [0.25, 0.3) is 22.0 Å². The van der Waals surface area contributed by atoms with Gasteiger partial charge in [0.2, 0.25) is 0 Å². The molecule has 1 heterocycles. The van der Waals surface area contributed by atoms with E-state index in [2.05, 4.69) is 10.3 Å². The Morgan fingerprint density at radius 1 is 1.07 bits per heavy atom. The number of aromatic amines is 1. The van der Waals surface area contributed by atoms with Crippen molar-refractivity contribution in [1.29, 1.82) is 0 Å². The van der Waals surface area contributed by atoms with E-state index in [1.54, 1.807) is 12.1 Å². The van der Waals surface area contributed by atoms with Crippen molar-refractivity contribution < 1.29 is 9.90 Å². The lowest BCUT2D eigenvalue weighted by Gasteiger charge is -2.11. The van der Waals surface area contributed by atoms with Crippen molar-refractivity contribution in [2.45, 2.75) is 18.9 Å². The van der Waals surface area contributed by atoms with Gasteiger partial charge in [-0.1, -0.05) is 24.3 Å². The van der Waals surface area contributed by atoms with Crippen LogP contribution >= 0.6 is 24.8 Å². The summed E-state index contributed by atoms with van der Waals surface area (Å²) in [6.45, 7) is 1.03. The van der Waals surface area contributed by atoms with Crippen LogP contribution in [0.5, 0.6) is 5.75 Å². The second-order valence-electron chi connectivity index (χ2n) is 6.43. The quantitative estimate of drug-likeness (QED) is 0.400. The SMILES string of the molecule is Cl.Cl.NCCC[C@@H](N)CNC(=O)c1cc2ccc(-c3ccc(O)cc3)cc2[nH]1. The zero-order valence-corrected chi connectivity index (χ0v) is 17.0. The number of hydrogen-bond donors (Lipinski definition) is 5. The molecule has 0 unspecified atom stereocenters. The molecule has 0 fully saturated rings. The molecule has 0 aliphatic carbocycles. The fraction of sp³-hybridized carbons (Fsp3) is 0.250. The molecule has 7 N–H and O–H groups in total. The van der Waals surface area contributed by atoms with Gasteiger partial charge < -0.3 is 26.9 Å². The molecular formula is C20H26Cl2N4O2. The summed E-state index contributed by atoms with van der Waals surface area (Å²) in [5.41, 5.74) is 14.8. The van der Waals surface area contributed by atoms with Gasteiger partial charge in [-0.2, -0.15) is 0 Å². The highest BCUT2D eigenvalue weighted by molar-refractivity contribution is 5.98. The van der Waals surface area contributed by atoms with Gasteiger partial charge in [-0.15, -0.1) is 24.8 Å². The predicted molar refractivity (Wildman–Crippen MR) is 118 cm³/mol. The Hall–Kier alpha value is -2.25. The molecule has 1 aromatic heterocycles. The van der Waals surface area contributed by atoms with Gasteiger partial charge in [-0.25, -0.2) is 0 Å². The molecule has 0 bridgehead atoms. The number of nitrogens with one attached hydrogen (secondary N) is 2. The van der Waals surface area contributed by atoms with Gasteiger partial charge >= 0.3 is 0 Å². The Balaban J connectivity index is 0.00000196. The van der Waals surface area contributed by atoms with Crippen LogP contribution in [-0.2, 0) is 0 Å². The zero-order chi connectivity index (χ0) is 18.5. The van der Waals surface area contributed by atoms with Crippen LogP contribution in [0.15, 0.2) is 48.5 Å². The van der Waals surface area contributed by atoms with Crippen LogP contribution in [0.3, 0.4) is 0 Å². The minimum absolute atomic E-state index is 0. The molecule has 0 aliphatic heterocycles. The summed E-state index contributed by atoms with van der Waals surface area (Å²) < 4.78 is 0. The van der Waals surface area contributed by atoms with E-state index in [-0.39, 0.29) is 42.5 Å². The highest BCUT2D eigenvalue weighted by atomic mass is 35.5. The molecule has 0 saturated carbocycles. The number of H-pyrrole nitrogens is 1. The second-order valence-corrected chi connectivity index (χ2v) is 6.43. The monoisotopic (exact) mass is 424 g/mol. The summed E-state index contributed by atoms with van der Waals surface area (Å²) in [7, 11) is 0. The summed E-state index contributed by atoms with van der Waals surface area (Å²) in [4.78, 5) is 15.5. The maximum Gasteiger partial charge on any atom is 0.267 e. The number of fused-ring (bicyclic) bond motifs is 1. The standard InChI is InChI=1S/C20H24N4O2.2ClH/c21-9-1-2-16(22)12-23-20(26)19-11-15-4-3-14(10-18(15)24-19)13-5-7-17(25)8-6-13;;/h3-8,10-11,16,24-25H,1-2,9,12,21-22H2,(H,23,26);2*1H/t16-;;/m1../s1. The number of benzene rings is 2. The fourth-order valence-corrected chi connectivity index (χ4v) is 2.88. The van der Waals surface area contributed by atoms with E-state index in [1.807, 2.05) is 36.4 Å².